The average Bonchev–Trinajstić information content (AvgIpc) is 2.35. The lowest BCUT2D eigenvalue weighted by molar-refractivity contribution is -0.137. The molecule has 1 aromatic heterocycles. The van der Waals surface area contributed by atoms with Crippen LogP contribution in [0.1, 0.15) is 24.4 Å². The van der Waals surface area contributed by atoms with E-state index in [1.54, 1.807) is 7.05 Å². The molecule has 1 heterocycles. The zero-order valence-electron chi connectivity index (χ0n) is 9.92. The zero-order valence-corrected chi connectivity index (χ0v) is 9.92. The van der Waals surface area contributed by atoms with Crippen molar-refractivity contribution in [2.24, 2.45) is 0 Å². The van der Waals surface area contributed by atoms with Gasteiger partial charge < -0.3 is 5.32 Å². The van der Waals surface area contributed by atoms with Crippen molar-refractivity contribution in [3.63, 3.8) is 0 Å². The maximum atomic E-state index is 12.5. The van der Waals surface area contributed by atoms with Gasteiger partial charge in [0.2, 0.25) is 0 Å². The number of halogens is 3. The standard InChI is InChI=1S/C12H12F3N3/c1-7(16-2)11-17-6-8-5-9(12(13,14)15)3-4-10(8)18-11/h3-7,16H,1-2H3. The Morgan fingerprint density at radius 1 is 1.28 bits per heavy atom. The number of rotatable bonds is 2. The highest BCUT2D eigenvalue weighted by Crippen LogP contribution is 2.30. The second kappa shape index (κ2) is 4.53. The lowest BCUT2D eigenvalue weighted by Crippen LogP contribution is -2.15. The Kier molecular flexibility index (Phi) is 3.21. The van der Waals surface area contributed by atoms with Crippen LogP contribution >= 0.6 is 0 Å². The smallest absolute Gasteiger partial charge is 0.311 e. The van der Waals surface area contributed by atoms with Crippen LogP contribution in [0.2, 0.25) is 0 Å². The van der Waals surface area contributed by atoms with Crippen LogP contribution in [0.5, 0.6) is 0 Å². The molecule has 18 heavy (non-hydrogen) atoms. The van der Waals surface area contributed by atoms with Crippen molar-refractivity contribution < 1.29 is 13.2 Å². The minimum atomic E-state index is -4.34. The highest BCUT2D eigenvalue weighted by atomic mass is 19.4. The summed E-state index contributed by atoms with van der Waals surface area (Å²) in [5, 5.41) is 3.36. The van der Waals surface area contributed by atoms with Gasteiger partial charge in [-0.05, 0) is 32.2 Å². The quantitative estimate of drug-likeness (QED) is 0.896. The van der Waals surface area contributed by atoms with Crippen LogP contribution < -0.4 is 5.32 Å². The Morgan fingerprint density at radius 2 is 2.00 bits per heavy atom. The number of alkyl halides is 3. The van der Waals surface area contributed by atoms with Gasteiger partial charge in [0.1, 0.15) is 5.82 Å². The molecule has 0 fully saturated rings. The summed E-state index contributed by atoms with van der Waals surface area (Å²) in [6, 6.07) is 3.41. The molecule has 0 spiro atoms. The first-order chi connectivity index (χ1) is 8.41. The van der Waals surface area contributed by atoms with Crippen molar-refractivity contribution in [2.75, 3.05) is 7.05 Å². The Hall–Kier alpha value is -1.69. The summed E-state index contributed by atoms with van der Waals surface area (Å²) in [6.07, 6.45) is -2.92. The van der Waals surface area contributed by atoms with Crippen LogP contribution in [0.15, 0.2) is 24.4 Å². The average molecular weight is 255 g/mol. The van der Waals surface area contributed by atoms with E-state index >= 15 is 0 Å². The maximum absolute atomic E-state index is 12.5. The van der Waals surface area contributed by atoms with E-state index in [0.29, 0.717) is 16.7 Å². The molecule has 0 aliphatic heterocycles. The molecule has 0 aliphatic rings. The van der Waals surface area contributed by atoms with E-state index in [0.717, 1.165) is 12.1 Å². The van der Waals surface area contributed by atoms with Crippen molar-refractivity contribution in [2.45, 2.75) is 19.1 Å². The molecule has 0 amide bonds. The van der Waals surface area contributed by atoms with Crippen LogP contribution in [0.4, 0.5) is 13.2 Å². The Labute approximate surface area is 102 Å². The third-order valence-electron chi connectivity index (χ3n) is 2.75. The number of nitrogens with zero attached hydrogens (tertiary/aromatic N) is 2. The van der Waals surface area contributed by atoms with Gasteiger partial charge in [-0.2, -0.15) is 13.2 Å². The van der Waals surface area contributed by atoms with Crippen LogP contribution in [0.25, 0.3) is 10.9 Å². The van der Waals surface area contributed by atoms with Gasteiger partial charge in [0.05, 0.1) is 17.1 Å². The first-order valence-corrected chi connectivity index (χ1v) is 5.43. The van der Waals surface area contributed by atoms with Gasteiger partial charge in [-0.3, -0.25) is 0 Å². The van der Waals surface area contributed by atoms with Gasteiger partial charge in [-0.25, -0.2) is 9.97 Å². The fourth-order valence-electron chi connectivity index (χ4n) is 1.56. The summed E-state index contributed by atoms with van der Waals surface area (Å²) in [5.41, 5.74) is -0.178. The number of aromatic nitrogens is 2. The molecule has 2 rings (SSSR count). The maximum Gasteiger partial charge on any atom is 0.416 e. The summed E-state index contributed by atoms with van der Waals surface area (Å²) in [5.74, 6) is 0.560. The molecular formula is C12H12F3N3. The SMILES string of the molecule is CNC(C)c1ncc2cc(C(F)(F)F)ccc2n1. The highest BCUT2D eigenvalue weighted by molar-refractivity contribution is 5.78. The fraction of sp³-hybridized carbons (Fsp3) is 0.333. The van der Waals surface area contributed by atoms with Gasteiger partial charge in [-0.1, -0.05) is 0 Å². The van der Waals surface area contributed by atoms with E-state index in [1.807, 2.05) is 6.92 Å². The van der Waals surface area contributed by atoms with Crippen molar-refractivity contribution in [3.8, 4) is 0 Å². The normalized spacial score (nSPS) is 13.8. The van der Waals surface area contributed by atoms with Gasteiger partial charge in [0, 0.05) is 11.6 Å². The summed E-state index contributed by atoms with van der Waals surface area (Å²) < 4.78 is 37.6. The molecule has 0 bridgehead atoms. The lowest BCUT2D eigenvalue weighted by Gasteiger charge is -2.10. The number of hydrogen-bond acceptors (Lipinski definition) is 3. The van der Waals surface area contributed by atoms with E-state index in [2.05, 4.69) is 15.3 Å². The van der Waals surface area contributed by atoms with E-state index in [9.17, 15) is 13.2 Å². The predicted molar refractivity (Wildman–Crippen MR) is 62.0 cm³/mol. The summed E-state index contributed by atoms with van der Waals surface area (Å²) in [7, 11) is 1.77. The lowest BCUT2D eigenvalue weighted by atomic mass is 10.1. The van der Waals surface area contributed by atoms with Crippen molar-refractivity contribution >= 4 is 10.9 Å². The minimum Gasteiger partial charge on any atom is -0.311 e. The topological polar surface area (TPSA) is 37.8 Å². The van der Waals surface area contributed by atoms with Crippen molar-refractivity contribution in [1.82, 2.24) is 15.3 Å². The molecule has 1 atom stereocenters. The molecule has 6 heteroatoms. The molecule has 1 unspecified atom stereocenters. The fourth-order valence-corrected chi connectivity index (χ4v) is 1.56. The van der Waals surface area contributed by atoms with Crippen LogP contribution in [-0.4, -0.2) is 17.0 Å². The first-order valence-electron chi connectivity index (χ1n) is 5.43. The molecule has 0 aliphatic carbocycles. The van der Waals surface area contributed by atoms with E-state index in [-0.39, 0.29) is 6.04 Å². The van der Waals surface area contributed by atoms with E-state index < -0.39 is 11.7 Å². The Morgan fingerprint density at radius 3 is 2.61 bits per heavy atom. The van der Waals surface area contributed by atoms with Crippen molar-refractivity contribution in [1.29, 1.82) is 0 Å². The highest BCUT2D eigenvalue weighted by Gasteiger charge is 2.30. The summed E-state index contributed by atoms with van der Waals surface area (Å²) >= 11 is 0. The molecule has 0 saturated heterocycles. The Balaban J connectivity index is 2.49. The van der Waals surface area contributed by atoms with Gasteiger partial charge >= 0.3 is 6.18 Å². The predicted octanol–water partition coefficient (Wildman–Crippen LogP) is 2.93. The van der Waals surface area contributed by atoms with Crippen LogP contribution in [0.3, 0.4) is 0 Å². The zero-order chi connectivity index (χ0) is 13.3. The van der Waals surface area contributed by atoms with Crippen molar-refractivity contribution in [3.05, 3.63) is 35.8 Å². The monoisotopic (exact) mass is 255 g/mol. The molecule has 0 radical (unpaired) electrons. The third kappa shape index (κ3) is 2.43. The van der Waals surface area contributed by atoms with Crippen LogP contribution in [-0.2, 0) is 6.18 Å². The van der Waals surface area contributed by atoms with Gasteiger partial charge in [0.25, 0.3) is 0 Å². The molecule has 2 aromatic rings. The molecule has 1 aromatic carbocycles. The summed E-state index contributed by atoms with van der Waals surface area (Å²) in [4.78, 5) is 8.29. The van der Waals surface area contributed by atoms with Crippen LogP contribution in [0, 0.1) is 0 Å². The summed E-state index contributed by atoms with van der Waals surface area (Å²) in [6.45, 7) is 1.88. The molecule has 0 saturated carbocycles. The van der Waals surface area contributed by atoms with E-state index in [1.165, 1.54) is 12.3 Å². The third-order valence-corrected chi connectivity index (χ3v) is 2.75. The second-order valence-corrected chi connectivity index (χ2v) is 4.01. The minimum absolute atomic E-state index is 0.0447. The number of nitrogens with one attached hydrogen (secondary N) is 1. The molecule has 3 nitrogen and oxygen atoms in total. The van der Waals surface area contributed by atoms with E-state index in [4.69, 9.17) is 0 Å². The molecule has 96 valence electrons. The molecular weight excluding hydrogens is 243 g/mol. The number of hydrogen-bond donors (Lipinski definition) is 1. The first kappa shape index (κ1) is 12.8. The second-order valence-electron chi connectivity index (χ2n) is 4.01. The largest absolute Gasteiger partial charge is 0.416 e. The number of fused-ring (bicyclic) bond motifs is 1. The molecule has 1 N–H and O–H groups in total. The Bertz CT molecular complexity index is 566. The van der Waals surface area contributed by atoms with Gasteiger partial charge in [-0.15, -0.1) is 0 Å². The number of benzene rings is 1. The van der Waals surface area contributed by atoms with Gasteiger partial charge in [0.15, 0.2) is 0 Å².